The van der Waals surface area contributed by atoms with Crippen molar-refractivity contribution in [2.45, 2.75) is 25.9 Å². The van der Waals surface area contributed by atoms with Gasteiger partial charge in [-0.05, 0) is 37.1 Å². The van der Waals surface area contributed by atoms with Gasteiger partial charge in [0.2, 0.25) is 0 Å². The van der Waals surface area contributed by atoms with E-state index in [0.717, 1.165) is 17.7 Å². The molecule has 20 heavy (non-hydrogen) atoms. The van der Waals surface area contributed by atoms with Crippen molar-refractivity contribution in [2.75, 3.05) is 6.61 Å². The monoisotopic (exact) mass is 290 g/mol. The molecular formula is C17H19ClO2. The molecule has 2 nitrogen and oxygen atoms in total. The second-order valence-electron chi connectivity index (χ2n) is 4.92. The third kappa shape index (κ3) is 3.14. The summed E-state index contributed by atoms with van der Waals surface area (Å²) in [5, 5.41) is 11.3. The van der Waals surface area contributed by atoms with E-state index in [0.29, 0.717) is 17.2 Å². The Morgan fingerprint density at radius 3 is 2.35 bits per heavy atom. The molecule has 0 saturated heterocycles. The van der Waals surface area contributed by atoms with Gasteiger partial charge in [0.05, 0.1) is 6.61 Å². The van der Waals surface area contributed by atoms with E-state index >= 15 is 0 Å². The first kappa shape index (κ1) is 14.9. The van der Waals surface area contributed by atoms with Gasteiger partial charge in [0, 0.05) is 10.6 Å². The van der Waals surface area contributed by atoms with Gasteiger partial charge in [-0.25, -0.2) is 0 Å². The summed E-state index contributed by atoms with van der Waals surface area (Å²) in [6, 6.07) is 14.8. The van der Waals surface area contributed by atoms with Gasteiger partial charge in [-0.3, -0.25) is 0 Å². The highest BCUT2D eigenvalue weighted by Crippen LogP contribution is 2.34. The highest BCUT2D eigenvalue weighted by Gasteiger charge is 2.27. The lowest BCUT2D eigenvalue weighted by Gasteiger charge is -2.25. The molecule has 0 aromatic heterocycles. The number of benzene rings is 2. The lowest BCUT2D eigenvalue weighted by Crippen LogP contribution is -2.23. The summed E-state index contributed by atoms with van der Waals surface area (Å²) >= 11 is 6.17. The number of aliphatic hydroxyl groups is 1. The quantitative estimate of drug-likeness (QED) is 0.885. The molecule has 0 saturated carbocycles. The van der Waals surface area contributed by atoms with Crippen molar-refractivity contribution in [3.8, 4) is 5.75 Å². The fourth-order valence-corrected chi connectivity index (χ4v) is 2.43. The topological polar surface area (TPSA) is 29.5 Å². The van der Waals surface area contributed by atoms with E-state index in [9.17, 15) is 5.11 Å². The van der Waals surface area contributed by atoms with Gasteiger partial charge in [0.15, 0.2) is 0 Å². The predicted octanol–water partition coefficient (Wildman–Crippen LogP) is 4.38. The Labute approximate surface area is 125 Å². The smallest absolute Gasteiger partial charge is 0.119 e. The molecule has 2 rings (SSSR count). The first-order valence-electron chi connectivity index (χ1n) is 6.76. The Balaban J connectivity index is 2.28. The number of rotatable bonds is 5. The van der Waals surface area contributed by atoms with Gasteiger partial charge in [-0.15, -0.1) is 0 Å². The van der Waals surface area contributed by atoms with Crippen LogP contribution in [-0.2, 0) is 5.60 Å². The highest BCUT2D eigenvalue weighted by molar-refractivity contribution is 6.31. The third-order valence-electron chi connectivity index (χ3n) is 3.29. The molecule has 0 bridgehead atoms. The van der Waals surface area contributed by atoms with E-state index in [1.165, 1.54) is 0 Å². The SMILES string of the molecule is CCCOc1ccc(C(C)(O)c2ccccc2Cl)cc1. The number of hydrogen-bond donors (Lipinski definition) is 1. The second-order valence-corrected chi connectivity index (χ2v) is 5.33. The van der Waals surface area contributed by atoms with Crippen LogP contribution in [0.3, 0.4) is 0 Å². The fourth-order valence-electron chi connectivity index (χ4n) is 2.11. The van der Waals surface area contributed by atoms with Crippen LogP contribution in [0, 0.1) is 0 Å². The molecule has 0 aliphatic carbocycles. The summed E-state index contributed by atoms with van der Waals surface area (Å²) in [5.41, 5.74) is 0.361. The Bertz CT molecular complexity index is 561. The number of halogens is 1. The van der Waals surface area contributed by atoms with Gasteiger partial charge in [-0.1, -0.05) is 48.9 Å². The number of ether oxygens (including phenoxy) is 1. The molecule has 0 spiro atoms. The Morgan fingerprint density at radius 2 is 1.75 bits per heavy atom. The molecule has 0 heterocycles. The van der Waals surface area contributed by atoms with E-state index in [4.69, 9.17) is 16.3 Å². The van der Waals surface area contributed by atoms with Crippen molar-refractivity contribution >= 4 is 11.6 Å². The van der Waals surface area contributed by atoms with Crippen LogP contribution >= 0.6 is 11.6 Å². The van der Waals surface area contributed by atoms with Crippen molar-refractivity contribution in [3.63, 3.8) is 0 Å². The van der Waals surface area contributed by atoms with Gasteiger partial charge in [-0.2, -0.15) is 0 Å². The largest absolute Gasteiger partial charge is 0.494 e. The average molecular weight is 291 g/mol. The van der Waals surface area contributed by atoms with E-state index in [-0.39, 0.29) is 0 Å². The molecule has 0 fully saturated rings. The van der Waals surface area contributed by atoms with E-state index in [2.05, 4.69) is 6.92 Å². The Hall–Kier alpha value is -1.51. The summed E-state index contributed by atoms with van der Waals surface area (Å²) in [4.78, 5) is 0. The lowest BCUT2D eigenvalue weighted by atomic mass is 9.88. The van der Waals surface area contributed by atoms with Crippen LogP contribution in [0.25, 0.3) is 0 Å². The summed E-state index contributed by atoms with van der Waals surface area (Å²) < 4.78 is 5.54. The first-order chi connectivity index (χ1) is 9.55. The van der Waals surface area contributed by atoms with Gasteiger partial charge < -0.3 is 9.84 Å². The van der Waals surface area contributed by atoms with E-state index in [1.54, 1.807) is 13.0 Å². The van der Waals surface area contributed by atoms with Crippen LogP contribution < -0.4 is 4.74 Å². The van der Waals surface area contributed by atoms with Crippen molar-refractivity contribution in [2.24, 2.45) is 0 Å². The minimum atomic E-state index is -1.12. The zero-order valence-corrected chi connectivity index (χ0v) is 12.5. The lowest BCUT2D eigenvalue weighted by molar-refractivity contribution is 0.102. The zero-order valence-electron chi connectivity index (χ0n) is 11.8. The first-order valence-corrected chi connectivity index (χ1v) is 7.14. The van der Waals surface area contributed by atoms with Crippen LogP contribution in [-0.4, -0.2) is 11.7 Å². The zero-order chi connectivity index (χ0) is 14.6. The van der Waals surface area contributed by atoms with Crippen LogP contribution in [0.4, 0.5) is 0 Å². The average Bonchev–Trinajstić information content (AvgIpc) is 2.46. The van der Waals surface area contributed by atoms with Gasteiger partial charge >= 0.3 is 0 Å². The predicted molar refractivity (Wildman–Crippen MR) is 82.4 cm³/mol. The summed E-state index contributed by atoms with van der Waals surface area (Å²) in [6.45, 7) is 4.51. The maximum atomic E-state index is 10.8. The summed E-state index contributed by atoms with van der Waals surface area (Å²) in [5.74, 6) is 0.811. The van der Waals surface area contributed by atoms with Crippen molar-refractivity contribution in [1.82, 2.24) is 0 Å². The van der Waals surface area contributed by atoms with Crippen molar-refractivity contribution in [1.29, 1.82) is 0 Å². The second kappa shape index (κ2) is 6.29. The van der Waals surface area contributed by atoms with Crippen LogP contribution in [0.1, 0.15) is 31.4 Å². The Kier molecular flexibility index (Phi) is 4.69. The molecular weight excluding hydrogens is 272 g/mol. The summed E-state index contributed by atoms with van der Waals surface area (Å²) in [7, 11) is 0. The molecule has 1 atom stereocenters. The standard InChI is InChI=1S/C17H19ClO2/c1-3-12-20-14-10-8-13(9-11-14)17(2,19)15-6-4-5-7-16(15)18/h4-11,19H,3,12H2,1-2H3. The molecule has 0 aliphatic heterocycles. The van der Waals surface area contributed by atoms with Gasteiger partial charge in [0.1, 0.15) is 11.4 Å². The maximum absolute atomic E-state index is 10.8. The van der Waals surface area contributed by atoms with Crippen LogP contribution in [0.2, 0.25) is 5.02 Å². The third-order valence-corrected chi connectivity index (χ3v) is 3.62. The molecule has 2 aromatic rings. The fraction of sp³-hybridized carbons (Fsp3) is 0.294. The Morgan fingerprint density at radius 1 is 1.10 bits per heavy atom. The molecule has 1 N–H and O–H groups in total. The van der Waals surface area contributed by atoms with Crippen molar-refractivity contribution < 1.29 is 9.84 Å². The molecule has 1 unspecified atom stereocenters. The molecule has 106 valence electrons. The number of hydrogen-bond acceptors (Lipinski definition) is 2. The van der Waals surface area contributed by atoms with E-state index < -0.39 is 5.60 Å². The maximum Gasteiger partial charge on any atom is 0.119 e. The molecule has 0 radical (unpaired) electrons. The van der Waals surface area contributed by atoms with Gasteiger partial charge in [0.25, 0.3) is 0 Å². The molecule has 3 heteroatoms. The minimum Gasteiger partial charge on any atom is -0.494 e. The normalized spacial score (nSPS) is 13.8. The van der Waals surface area contributed by atoms with Crippen LogP contribution in [0.15, 0.2) is 48.5 Å². The van der Waals surface area contributed by atoms with E-state index in [1.807, 2.05) is 42.5 Å². The molecule has 2 aromatic carbocycles. The molecule has 0 amide bonds. The van der Waals surface area contributed by atoms with Crippen molar-refractivity contribution in [3.05, 3.63) is 64.7 Å². The van der Waals surface area contributed by atoms with Crippen LogP contribution in [0.5, 0.6) is 5.75 Å². The minimum absolute atomic E-state index is 0.559. The highest BCUT2D eigenvalue weighted by atomic mass is 35.5. The summed E-state index contributed by atoms with van der Waals surface area (Å²) in [6.07, 6.45) is 0.971. The molecule has 0 aliphatic rings.